The monoisotopic (exact) mass is 420 g/mol. The van der Waals surface area contributed by atoms with E-state index < -0.39 is 0 Å². The molecule has 2 aromatic heterocycles. The molecule has 0 spiro atoms. The molecule has 1 saturated heterocycles. The zero-order valence-electron chi connectivity index (χ0n) is 18.3. The summed E-state index contributed by atoms with van der Waals surface area (Å²) in [4.78, 5) is 24.2. The van der Waals surface area contributed by atoms with Crippen LogP contribution in [0.5, 0.6) is 0 Å². The predicted octanol–water partition coefficient (Wildman–Crippen LogP) is 2.20. The molecule has 1 aliphatic rings. The maximum atomic E-state index is 8.00. The third-order valence-corrected chi connectivity index (χ3v) is 5.67. The van der Waals surface area contributed by atoms with Crippen LogP contribution >= 0.6 is 11.8 Å². The third kappa shape index (κ3) is 7.01. The molecule has 3 heterocycles. The number of rotatable bonds is 4. The summed E-state index contributed by atoms with van der Waals surface area (Å²) in [5.74, 6) is 3.65. The maximum absolute atomic E-state index is 8.00. The van der Waals surface area contributed by atoms with E-state index in [1.807, 2.05) is 40.7 Å². The number of carbonyl (C=O) groups is 2. The number of thioether (sulfide) groups is 1. The molecular formula is C22H36N4O2S. The molecular weight excluding hydrogens is 384 g/mol. The fourth-order valence-electron chi connectivity index (χ4n) is 3.33. The molecule has 0 bridgehead atoms. The lowest BCUT2D eigenvalue weighted by Crippen LogP contribution is -2.22. The highest BCUT2D eigenvalue weighted by atomic mass is 32.2. The van der Waals surface area contributed by atoms with Gasteiger partial charge in [-0.25, -0.2) is 4.98 Å². The van der Waals surface area contributed by atoms with Crippen LogP contribution in [0.4, 0.5) is 0 Å². The Hall–Kier alpha value is -2.12. The van der Waals surface area contributed by atoms with Gasteiger partial charge in [0.25, 0.3) is 0 Å². The largest absolute Gasteiger partial charge is 0.362 e. The summed E-state index contributed by atoms with van der Waals surface area (Å²) in [6, 6.07) is 2.66. The van der Waals surface area contributed by atoms with Gasteiger partial charge in [-0.15, -0.1) is 0 Å². The first-order chi connectivity index (χ1) is 14.3. The molecule has 0 radical (unpaired) electrons. The number of nitrogens with one attached hydrogen (secondary N) is 2. The fraction of sp³-hybridized carbons (Fsp3) is 0.500. The Morgan fingerprint density at radius 2 is 2.03 bits per heavy atom. The molecule has 2 N–H and O–H groups in total. The number of H-pyrrole nitrogens is 1. The minimum atomic E-state index is 0.533. The molecule has 7 heteroatoms. The van der Waals surface area contributed by atoms with E-state index in [0.717, 1.165) is 23.7 Å². The molecule has 3 rings (SSSR count). The first kappa shape index (κ1) is 26.9. The van der Waals surface area contributed by atoms with Crippen molar-refractivity contribution in [2.24, 2.45) is 0 Å². The van der Waals surface area contributed by atoms with Crippen LogP contribution in [0.2, 0.25) is 0 Å². The van der Waals surface area contributed by atoms with Gasteiger partial charge in [0, 0.05) is 41.5 Å². The molecule has 1 atom stereocenters. The molecule has 1 fully saturated rings. The topological polar surface area (TPSA) is 79.8 Å². The number of nitrogens with zero attached hydrogens (tertiary/aromatic N) is 2. The van der Waals surface area contributed by atoms with Gasteiger partial charge in [-0.3, -0.25) is 0 Å². The predicted molar refractivity (Wildman–Crippen MR) is 124 cm³/mol. The summed E-state index contributed by atoms with van der Waals surface area (Å²) in [7, 11) is 2.00. The van der Waals surface area contributed by atoms with Crippen LogP contribution < -0.4 is 16.0 Å². The highest BCUT2D eigenvalue weighted by Gasteiger charge is 2.20. The third-order valence-electron chi connectivity index (χ3n) is 4.47. The highest BCUT2D eigenvalue weighted by Crippen LogP contribution is 2.27. The van der Waals surface area contributed by atoms with Crippen molar-refractivity contribution in [1.29, 1.82) is 0 Å². The molecule has 1 unspecified atom stereocenters. The van der Waals surface area contributed by atoms with Gasteiger partial charge < -0.3 is 24.5 Å². The number of hydrogen-bond acceptors (Lipinski definition) is 5. The van der Waals surface area contributed by atoms with Crippen molar-refractivity contribution in [3.63, 3.8) is 0 Å². The molecule has 162 valence electrons. The Balaban J connectivity index is 0.00000120. The van der Waals surface area contributed by atoms with Crippen LogP contribution in [-0.4, -0.2) is 53.2 Å². The number of likely N-dealkylation sites (N-methyl/N-ethyl adjacent to an activating group) is 1. The van der Waals surface area contributed by atoms with Gasteiger partial charge in [0.15, 0.2) is 0 Å². The van der Waals surface area contributed by atoms with Crippen molar-refractivity contribution >= 4 is 38.0 Å². The van der Waals surface area contributed by atoms with E-state index in [4.69, 9.17) is 14.6 Å². The van der Waals surface area contributed by atoms with Crippen molar-refractivity contribution in [2.75, 3.05) is 25.1 Å². The second-order valence-corrected chi connectivity index (χ2v) is 7.16. The number of aromatic amines is 1. The summed E-state index contributed by atoms with van der Waals surface area (Å²) < 4.78 is 2.50. The Morgan fingerprint density at radius 1 is 1.34 bits per heavy atom. The minimum absolute atomic E-state index is 0.533. The molecule has 2 aromatic rings. The Kier molecular flexibility index (Phi) is 14.6. The van der Waals surface area contributed by atoms with Crippen LogP contribution in [0.3, 0.4) is 0 Å². The standard InChI is InChI=1S/C18H26N4S.C2H6.2CH2O/c1-4-16-18(15-7-10-20-13(15)2)22(14-6-5-11-23-12-14)17(21-16)8-9-19-3;3*1-2/h4,7,10,14,19-20H,2,5-6,8-9,11-12H2,1,3H3;1-2H3;2*1H2/b16-4+,18-15+;;;. The summed E-state index contributed by atoms with van der Waals surface area (Å²) in [5.41, 5.74) is 0. The van der Waals surface area contributed by atoms with Crippen molar-refractivity contribution in [1.82, 2.24) is 19.9 Å². The molecule has 0 aromatic carbocycles. The molecule has 1 aliphatic heterocycles. The zero-order valence-corrected chi connectivity index (χ0v) is 19.1. The summed E-state index contributed by atoms with van der Waals surface area (Å²) in [6.07, 6.45) is 7.57. The van der Waals surface area contributed by atoms with E-state index in [1.165, 1.54) is 40.7 Å². The quantitative estimate of drug-likeness (QED) is 0.793. The zero-order chi connectivity index (χ0) is 22.2. The number of imidazole rings is 1. The molecule has 0 aliphatic carbocycles. The lowest BCUT2D eigenvalue weighted by atomic mass is 10.1. The summed E-state index contributed by atoms with van der Waals surface area (Å²) >= 11 is 2.06. The number of carbonyl (C=O) groups excluding carboxylic acids is 2. The van der Waals surface area contributed by atoms with Crippen molar-refractivity contribution in [3.8, 4) is 0 Å². The first-order valence-corrected chi connectivity index (χ1v) is 11.1. The molecule has 29 heavy (non-hydrogen) atoms. The van der Waals surface area contributed by atoms with Gasteiger partial charge in [-0.05, 0) is 38.6 Å². The van der Waals surface area contributed by atoms with Gasteiger partial charge in [-0.2, -0.15) is 11.8 Å². The van der Waals surface area contributed by atoms with Crippen LogP contribution in [0, 0.1) is 10.6 Å². The van der Waals surface area contributed by atoms with Gasteiger partial charge in [0.2, 0.25) is 0 Å². The van der Waals surface area contributed by atoms with Crippen LogP contribution in [0.25, 0.3) is 12.7 Å². The van der Waals surface area contributed by atoms with E-state index in [-0.39, 0.29) is 0 Å². The fourth-order valence-corrected chi connectivity index (χ4v) is 4.45. The lowest BCUT2D eigenvalue weighted by Gasteiger charge is -2.25. The normalized spacial score (nSPS) is 17.1. The van der Waals surface area contributed by atoms with Crippen LogP contribution in [-0.2, 0) is 16.0 Å². The second-order valence-electron chi connectivity index (χ2n) is 6.01. The molecule has 0 amide bonds. The van der Waals surface area contributed by atoms with Gasteiger partial charge in [0.05, 0.1) is 10.7 Å². The van der Waals surface area contributed by atoms with Crippen LogP contribution in [0.1, 0.15) is 45.5 Å². The van der Waals surface area contributed by atoms with E-state index in [1.54, 1.807) is 0 Å². The van der Waals surface area contributed by atoms with Crippen molar-refractivity contribution in [2.45, 2.75) is 46.1 Å². The first-order valence-electron chi connectivity index (χ1n) is 9.96. The lowest BCUT2D eigenvalue weighted by molar-refractivity contribution is -0.0987. The number of aromatic nitrogens is 3. The summed E-state index contributed by atoms with van der Waals surface area (Å²) in [5, 5.41) is 7.71. The second kappa shape index (κ2) is 15.8. The van der Waals surface area contributed by atoms with Crippen LogP contribution in [0.15, 0.2) is 12.3 Å². The van der Waals surface area contributed by atoms with E-state index in [2.05, 4.69) is 52.3 Å². The van der Waals surface area contributed by atoms with Crippen molar-refractivity contribution < 1.29 is 9.59 Å². The maximum Gasteiger partial charge on any atom is 0.111 e. The van der Waals surface area contributed by atoms with E-state index >= 15 is 0 Å². The number of hydrogen-bond donors (Lipinski definition) is 2. The van der Waals surface area contributed by atoms with E-state index in [9.17, 15) is 0 Å². The average molecular weight is 421 g/mol. The SMILES string of the molecule is C=O.C=O.C=c1[nH]cc/c1=c1/c(=C\C)nc(CCNC)n1C1CCCSC1.CC. The minimum Gasteiger partial charge on any atom is -0.362 e. The van der Waals surface area contributed by atoms with Gasteiger partial charge in [0.1, 0.15) is 19.4 Å². The van der Waals surface area contributed by atoms with Crippen molar-refractivity contribution in [3.05, 3.63) is 39.4 Å². The van der Waals surface area contributed by atoms with Gasteiger partial charge in [-0.1, -0.05) is 26.5 Å². The van der Waals surface area contributed by atoms with E-state index in [0.29, 0.717) is 6.04 Å². The molecule has 6 nitrogen and oxygen atoms in total. The molecule has 0 saturated carbocycles. The average Bonchev–Trinajstić information content (AvgIpc) is 3.39. The smallest absolute Gasteiger partial charge is 0.111 e. The highest BCUT2D eigenvalue weighted by molar-refractivity contribution is 7.99. The summed E-state index contributed by atoms with van der Waals surface area (Å²) in [6.45, 7) is 15.2. The Labute approximate surface area is 178 Å². The van der Waals surface area contributed by atoms with Gasteiger partial charge >= 0.3 is 0 Å². The Morgan fingerprint density at radius 3 is 2.52 bits per heavy atom. The Bertz CT molecular complexity index is 883.